The van der Waals surface area contributed by atoms with Crippen molar-refractivity contribution in [1.82, 2.24) is 15.0 Å². The van der Waals surface area contributed by atoms with Gasteiger partial charge in [-0.1, -0.05) is 119 Å². The Labute approximate surface area is 317 Å². The van der Waals surface area contributed by atoms with E-state index < -0.39 is 0 Å². The molecule has 1 N–H and O–H groups in total. The summed E-state index contributed by atoms with van der Waals surface area (Å²) in [7, 11) is 0. The zero-order valence-corrected chi connectivity index (χ0v) is 30.8. The maximum absolute atomic E-state index is 9.07. The largest absolute Gasteiger partial charge is 0.354 e. The maximum atomic E-state index is 9.07. The molecule has 0 saturated heterocycles. The molecule has 9 rings (SSSR count). The van der Waals surface area contributed by atoms with Gasteiger partial charge in [0.25, 0.3) is 0 Å². The van der Waals surface area contributed by atoms with Gasteiger partial charge in [0.2, 0.25) is 0 Å². The lowest BCUT2D eigenvalue weighted by Gasteiger charge is -2.07. The van der Waals surface area contributed by atoms with Gasteiger partial charge in [0.05, 0.1) is 22.8 Å². The Morgan fingerprint density at radius 1 is 0.463 bits per heavy atom. The number of fused-ring (bicyclic) bond motifs is 8. The summed E-state index contributed by atoms with van der Waals surface area (Å²) >= 11 is 1.73. The van der Waals surface area contributed by atoms with E-state index in [0.29, 0.717) is 5.69 Å². The van der Waals surface area contributed by atoms with Crippen molar-refractivity contribution in [2.24, 2.45) is 5.11 Å². The normalized spacial score (nSPS) is 11.8. The first kappa shape index (κ1) is 33.1. The van der Waals surface area contributed by atoms with Gasteiger partial charge in [0.15, 0.2) is 0 Å². The van der Waals surface area contributed by atoms with E-state index in [1.165, 1.54) is 16.7 Å². The van der Waals surface area contributed by atoms with Crippen LogP contribution in [0.15, 0.2) is 126 Å². The van der Waals surface area contributed by atoms with E-state index in [2.05, 4.69) is 157 Å². The number of hydrogen-bond acceptors (Lipinski definition) is 4. The topological polar surface area (TPSA) is 90.3 Å². The van der Waals surface area contributed by atoms with Gasteiger partial charge < -0.3 is 4.98 Å². The number of azide groups is 1. The summed E-state index contributed by atoms with van der Waals surface area (Å²) in [5.41, 5.74) is 27.1. The highest BCUT2D eigenvalue weighted by molar-refractivity contribution is 7.24. The molecular formula is C47H34N6S. The quantitative estimate of drug-likeness (QED) is 0.109. The zero-order valence-electron chi connectivity index (χ0n) is 30.0. The minimum absolute atomic E-state index is 0.561. The van der Waals surface area contributed by atoms with Crippen molar-refractivity contribution in [2.45, 2.75) is 20.8 Å². The lowest BCUT2D eigenvalue weighted by atomic mass is 10.0. The standard InChI is InChI=1S/C47H34N6S/c1-28-4-10-31(11-5-28)44-36-20-21-37(49-36)45(32-12-6-29(2)7-13-32)39-23-25-41(51-39)47(34-16-18-35(19-17-34)52-53-48)43-27-26-42(54-43)46(40-24-22-38(44)50-40)33-14-8-30(3)9-15-33/h4-27,49H,1-3H3. The Hall–Kier alpha value is -6.79. The molecule has 0 radical (unpaired) electrons. The predicted molar refractivity (Wildman–Crippen MR) is 227 cm³/mol. The van der Waals surface area contributed by atoms with Crippen molar-refractivity contribution >= 4 is 61.8 Å². The fourth-order valence-corrected chi connectivity index (χ4v) is 8.36. The molecule has 2 aliphatic heterocycles. The fourth-order valence-electron chi connectivity index (χ4n) is 7.20. The SMILES string of the molecule is Cc1ccc(-c2c3nc(c(-c4ccc(C)cc4)c4ccc(s4)c(-c4ccc(N=[N+]=[N-])cc4)c4nc(c(-c5ccc(C)cc5)c5ccc2[nH]5)C=C4)C=C3)cc1. The second kappa shape index (κ2) is 13.6. The molecule has 54 heavy (non-hydrogen) atoms. The van der Waals surface area contributed by atoms with Crippen molar-refractivity contribution in [3.63, 3.8) is 0 Å². The molecule has 2 aliphatic rings. The molecule has 258 valence electrons. The highest BCUT2D eigenvalue weighted by Gasteiger charge is 2.19. The second-order valence-electron chi connectivity index (χ2n) is 13.7. The van der Waals surface area contributed by atoms with Crippen LogP contribution in [0.2, 0.25) is 0 Å². The van der Waals surface area contributed by atoms with Crippen molar-refractivity contribution < 1.29 is 0 Å². The lowest BCUT2D eigenvalue weighted by molar-refractivity contribution is 1.32. The molecule has 8 bridgehead atoms. The number of benzene rings is 4. The van der Waals surface area contributed by atoms with E-state index >= 15 is 0 Å². The molecule has 0 atom stereocenters. The van der Waals surface area contributed by atoms with Crippen molar-refractivity contribution in [2.75, 3.05) is 0 Å². The second-order valence-corrected chi connectivity index (χ2v) is 14.8. The van der Waals surface area contributed by atoms with Gasteiger partial charge in [0, 0.05) is 53.3 Å². The molecule has 7 aromatic rings. The van der Waals surface area contributed by atoms with Crippen LogP contribution in [0.5, 0.6) is 0 Å². The van der Waals surface area contributed by atoms with Gasteiger partial charge in [0.1, 0.15) is 0 Å². The third-order valence-electron chi connectivity index (χ3n) is 9.96. The Morgan fingerprint density at radius 2 is 0.815 bits per heavy atom. The first-order valence-electron chi connectivity index (χ1n) is 17.9. The van der Waals surface area contributed by atoms with Crippen LogP contribution >= 0.6 is 11.3 Å². The average molecular weight is 715 g/mol. The van der Waals surface area contributed by atoms with Gasteiger partial charge in [-0.2, -0.15) is 0 Å². The number of aromatic nitrogens is 3. The van der Waals surface area contributed by atoms with Gasteiger partial charge in [-0.15, -0.1) is 11.3 Å². The van der Waals surface area contributed by atoms with Crippen LogP contribution in [0.4, 0.5) is 5.69 Å². The minimum Gasteiger partial charge on any atom is -0.354 e. The summed E-state index contributed by atoms with van der Waals surface area (Å²) in [6.45, 7) is 6.33. The molecule has 5 heterocycles. The smallest absolute Gasteiger partial charge is 0.0737 e. The molecule has 4 aromatic carbocycles. The van der Waals surface area contributed by atoms with Crippen LogP contribution in [0.3, 0.4) is 0 Å². The third kappa shape index (κ3) is 6.11. The van der Waals surface area contributed by atoms with Crippen LogP contribution in [0.1, 0.15) is 39.5 Å². The van der Waals surface area contributed by atoms with Crippen LogP contribution in [0.25, 0.3) is 99.7 Å². The Bertz CT molecular complexity index is 2830. The van der Waals surface area contributed by atoms with Gasteiger partial charge in [-0.3, -0.25) is 0 Å². The predicted octanol–water partition coefficient (Wildman–Crippen LogP) is 13.9. The monoisotopic (exact) mass is 714 g/mol. The number of nitrogens with one attached hydrogen (secondary N) is 1. The molecular weight excluding hydrogens is 681 g/mol. The summed E-state index contributed by atoms with van der Waals surface area (Å²) in [6.07, 6.45) is 8.52. The molecule has 7 heteroatoms. The van der Waals surface area contributed by atoms with Crippen molar-refractivity contribution in [3.8, 4) is 44.5 Å². The molecule has 0 fully saturated rings. The summed E-state index contributed by atoms with van der Waals surface area (Å²) < 4.78 is 2.17. The van der Waals surface area contributed by atoms with Gasteiger partial charge in [-0.05, 0) is 97.1 Å². The fraction of sp³-hybridized carbons (Fsp3) is 0.0638. The Morgan fingerprint density at radius 3 is 1.20 bits per heavy atom. The molecule has 0 unspecified atom stereocenters. The molecule has 6 nitrogen and oxygen atoms in total. The number of nitrogens with zero attached hydrogens (tertiary/aromatic N) is 5. The lowest BCUT2D eigenvalue weighted by Crippen LogP contribution is -1.89. The van der Waals surface area contributed by atoms with Crippen LogP contribution < -0.4 is 0 Å². The Kier molecular flexibility index (Phi) is 8.35. The molecule has 0 saturated carbocycles. The third-order valence-corrected chi connectivity index (χ3v) is 11.1. The van der Waals surface area contributed by atoms with E-state index in [9.17, 15) is 0 Å². The number of aromatic amines is 1. The molecule has 0 amide bonds. The Balaban J connectivity index is 1.45. The number of rotatable bonds is 5. The molecule has 3 aromatic heterocycles. The van der Waals surface area contributed by atoms with E-state index in [1.807, 2.05) is 24.3 Å². The summed E-state index contributed by atoms with van der Waals surface area (Å²) in [4.78, 5) is 17.6. The van der Waals surface area contributed by atoms with Gasteiger partial charge >= 0.3 is 0 Å². The van der Waals surface area contributed by atoms with E-state index in [-0.39, 0.29) is 0 Å². The summed E-state index contributed by atoms with van der Waals surface area (Å²) in [5.74, 6) is 0. The average Bonchev–Trinajstić information content (AvgIpc) is 4.02. The van der Waals surface area contributed by atoms with E-state index in [4.69, 9.17) is 15.5 Å². The number of hydrogen-bond donors (Lipinski definition) is 1. The molecule has 0 aliphatic carbocycles. The number of H-pyrrole nitrogens is 1. The van der Waals surface area contributed by atoms with E-state index in [1.54, 1.807) is 11.3 Å². The summed E-state index contributed by atoms with van der Waals surface area (Å²) in [6, 6.07) is 42.4. The summed E-state index contributed by atoms with van der Waals surface area (Å²) in [5, 5.41) is 3.82. The van der Waals surface area contributed by atoms with Crippen molar-refractivity contribution in [1.29, 1.82) is 0 Å². The number of aryl methyl sites for hydroxylation is 3. The van der Waals surface area contributed by atoms with Gasteiger partial charge in [-0.25, -0.2) is 9.97 Å². The zero-order chi connectivity index (χ0) is 36.8. The highest BCUT2D eigenvalue weighted by atomic mass is 32.1. The van der Waals surface area contributed by atoms with Crippen LogP contribution in [-0.4, -0.2) is 15.0 Å². The molecule has 0 spiro atoms. The van der Waals surface area contributed by atoms with Crippen LogP contribution in [0, 0.1) is 20.8 Å². The maximum Gasteiger partial charge on any atom is 0.0737 e. The van der Waals surface area contributed by atoms with Crippen LogP contribution in [-0.2, 0) is 0 Å². The number of thiophene rings is 1. The van der Waals surface area contributed by atoms with Crippen molar-refractivity contribution in [3.05, 3.63) is 171 Å². The first-order valence-corrected chi connectivity index (χ1v) is 18.7. The minimum atomic E-state index is 0.561. The highest BCUT2D eigenvalue weighted by Crippen LogP contribution is 2.41. The van der Waals surface area contributed by atoms with E-state index in [0.717, 1.165) is 87.7 Å². The first-order chi connectivity index (χ1) is 26.4.